The molecule has 3 amide bonds. The van der Waals surface area contributed by atoms with E-state index in [9.17, 15) is 9.59 Å². The Bertz CT molecular complexity index is 1680. The Kier molecular flexibility index (Phi) is 9.38. The lowest BCUT2D eigenvalue weighted by atomic mass is 9.92. The second-order valence-corrected chi connectivity index (χ2v) is 22.4. The van der Waals surface area contributed by atoms with Crippen molar-refractivity contribution in [1.29, 1.82) is 0 Å². The fraction of sp³-hybridized carbons (Fsp3) is 0.222. The highest BCUT2D eigenvalue weighted by Crippen LogP contribution is 2.50. The van der Waals surface area contributed by atoms with Crippen molar-refractivity contribution >= 4 is 120 Å². The van der Waals surface area contributed by atoms with Crippen molar-refractivity contribution in [1.82, 2.24) is 19.7 Å². The van der Waals surface area contributed by atoms with Gasteiger partial charge in [0.2, 0.25) is 5.75 Å². The zero-order chi connectivity index (χ0) is 30.2. The van der Waals surface area contributed by atoms with E-state index in [0.29, 0.717) is 34.6 Å². The Balaban J connectivity index is 1.41. The molecule has 0 radical (unpaired) electrons. The van der Waals surface area contributed by atoms with E-state index in [0.717, 1.165) is 20.5 Å². The molecule has 0 saturated carbocycles. The van der Waals surface area contributed by atoms with E-state index < -0.39 is 5.47 Å². The lowest BCUT2D eigenvalue weighted by Gasteiger charge is -2.22. The Hall–Kier alpha value is -2.01. The van der Waals surface area contributed by atoms with Crippen molar-refractivity contribution < 1.29 is 19.1 Å². The van der Waals surface area contributed by atoms with Gasteiger partial charge in [0, 0.05) is 44.8 Å². The number of anilines is 3. The minimum absolute atomic E-state index is 0.118. The summed E-state index contributed by atoms with van der Waals surface area (Å²) in [5.74, 6) is 1.85. The molecule has 3 N–H and O–H groups in total. The van der Waals surface area contributed by atoms with Crippen molar-refractivity contribution in [2.45, 2.75) is 25.6 Å². The number of hydrogen-bond donors (Lipinski definition) is 3. The van der Waals surface area contributed by atoms with E-state index in [2.05, 4.69) is 137 Å². The maximum atomic E-state index is 13.4. The first-order valence-corrected chi connectivity index (χ1v) is 16.7. The number of carbonyl (C=O) groups excluding carboxylic acids is 2. The summed E-state index contributed by atoms with van der Waals surface area (Å²) in [5.41, 5.74) is 2.76. The van der Waals surface area contributed by atoms with Crippen molar-refractivity contribution in [3.05, 3.63) is 69.8 Å². The molecule has 11 nitrogen and oxygen atoms in total. The second kappa shape index (κ2) is 12.5. The standard InChI is InChI=1S/C27H23I4N7O4/c1-26(2,3)20-10-21(38(37-20)15-8-14(28)11-32-12-15)35-25(40)34-18-5-4-16(9-17(18)27(29,30)31)42-19-6-7-33-24-23(19)41-13-22(39)36-24/h4-12H,13H2,1-3H3,(H,33,36,39)(H2,34,35,40). The van der Waals surface area contributed by atoms with Crippen LogP contribution in [0.5, 0.6) is 17.2 Å². The predicted octanol–water partition coefficient (Wildman–Crippen LogP) is 7.75. The fourth-order valence-corrected chi connectivity index (χ4v) is 5.74. The molecule has 15 heteroatoms. The normalized spacial score (nSPS) is 13.1. The van der Waals surface area contributed by atoms with E-state index in [1.54, 1.807) is 35.3 Å². The molecule has 0 aliphatic carbocycles. The van der Waals surface area contributed by atoms with Gasteiger partial charge in [-0.2, -0.15) is 5.10 Å². The monoisotopic (exact) mass is 1020 g/mol. The number of aromatic nitrogens is 4. The van der Waals surface area contributed by atoms with Crippen LogP contribution in [0.4, 0.5) is 22.1 Å². The third-order valence-electron chi connectivity index (χ3n) is 5.90. The lowest BCUT2D eigenvalue weighted by molar-refractivity contribution is -0.118. The molecule has 0 fully saturated rings. The summed E-state index contributed by atoms with van der Waals surface area (Å²) in [4.78, 5) is 33.5. The van der Waals surface area contributed by atoms with Gasteiger partial charge in [-0.25, -0.2) is 14.5 Å². The predicted molar refractivity (Wildman–Crippen MR) is 194 cm³/mol. The smallest absolute Gasteiger partial charge is 0.324 e. The molecule has 1 aliphatic rings. The number of carbonyl (C=O) groups is 2. The van der Waals surface area contributed by atoms with Crippen LogP contribution in [0, 0.1) is 3.57 Å². The number of nitrogens with one attached hydrogen (secondary N) is 3. The molecule has 5 rings (SSSR count). The second-order valence-electron chi connectivity index (χ2n) is 10.1. The maximum Gasteiger partial charge on any atom is 0.324 e. The molecule has 0 atom stereocenters. The zero-order valence-electron chi connectivity index (χ0n) is 22.3. The number of hydrogen-bond acceptors (Lipinski definition) is 7. The summed E-state index contributed by atoms with van der Waals surface area (Å²) in [7, 11) is 0. The summed E-state index contributed by atoms with van der Waals surface area (Å²) >= 11 is 9.08. The molecule has 0 saturated heterocycles. The summed E-state index contributed by atoms with van der Waals surface area (Å²) in [6.07, 6.45) is 4.99. The number of amides is 3. The largest absolute Gasteiger partial charge is 0.476 e. The highest BCUT2D eigenvalue weighted by atomic mass is 127. The van der Waals surface area contributed by atoms with Crippen LogP contribution in [-0.4, -0.2) is 38.3 Å². The number of fused-ring (bicyclic) bond motifs is 1. The topological polar surface area (TPSA) is 132 Å². The van der Waals surface area contributed by atoms with Crippen molar-refractivity contribution in [3.8, 4) is 22.9 Å². The summed E-state index contributed by atoms with van der Waals surface area (Å²) in [5, 5.41) is 13.4. The Morgan fingerprint density at radius 3 is 2.60 bits per heavy atom. The van der Waals surface area contributed by atoms with Crippen molar-refractivity contribution in [2.24, 2.45) is 0 Å². The molecule has 218 valence electrons. The van der Waals surface area contributed by atoms with E-state index in [4.69, 9.17) is 14.6 Å². The first-order chi connectivity index (χ1) is 19.8. The van der Waals surface area contributed by atoms with Crippen LogP contribution in [0.2, 0.25) is 0 Å². The number of pyridine rings is 2. The van der Waals surface area contributed by atoms with Gasteiger partial charge in [-0.1, -0.05) is 20.8 Å². The van der Waals surface area contributed by atoms with Gasteiger partial charge in [-0.3, -0.25) is 15.1 Å². The molecule has 3 aromatic heterocycles. The number of rotatable bonds is 6. The van der Waals surface area contributed by atoms with Gasteiger partial charge in [0.25, 0.3) is 5.91 Å². The first kappa shape index (κ1) is 31.4. The van der Waals surface area contributed by atoms with Crippen molar-refractivity contribution in [3.63, 3.8) is 0 Å². The number of alkyl halides is 3. The molecule has 4 heterocycles. The SMILES string of the molecule is CC(C)(C)c1cc(NC(=O)Nc2ccc(Oc3ccnc4c3OCC(=O)N4)cc2C(I)(I)I)n(-c2cncc(I)c2)n1. The third kappa shape index (κ3) is 7.37. The maximum absolute atomic E-state index is 13.4. The summed E-state index contributed by atoms with van der Waals surface area (Å²) in [6, 6.07) is 10.5. The molecular formula is C27H23I4N7O4. The lowest BCUT2D eigenvalue weighted by Crippen LogP contribution is -2.26. The van der Waals surface area contributed by atoms with Crippen LogP contribution in [-0.2, 0) is 9.64 Å². The number of ether oxygens (including phenoxy) is 2. The highest BCUT2D eigenvalue weighted by Gasteiger charge is 2.28. The van der Waals surface area contributed by atoms with Gasteiger partial charge in [-0.15, -0.1) is 0 Å². The summed E-state index contributed by atoms with van der Waals surface area (Å²) in [6.45, 7) is 6.08. The zero-order valence-corrected chi connectivity index (χ0v) is 31.0. The Morgan fingerprint density at radius 1 is 1.10 bits per heavy atom. The van der Waals surface area contributed by atoms with Gasteiger partial charge in [0.1, 0.15) is 11.6 Å². The molecule has 42 heavy (non-hydrogen) atoms. The van der Waals surface area contributed by atoms with Crippen LogP contribution in [0.1, 0.15) is 32.0 Å². The van der Waals surface area contributed by atoms with Crippen molar-refractivity contribution in [2.75, 3.05) is 22.6 Å². The average Bonchev–Trinajstić information content (AvgIpc) is 3.33. The summed E-state index contributed by atoms with van der Waals surface area (Å²) < 4.78 is 13.9. The van der Waals surface area contributed by atoms with Crippen LogP contribution in [0.15, 0.2) is 55.0 Å². The van der Waals surface area contributed by atoms with Gasteiger partial charge in [-0.05, 0) is 115 Å². The minimum Gasteiger partial charge on any atom is -0.476 e. The van der Waals surface area contributed by atoms with Crippen LogP contribution in [0.25, 0.3) is 5.69 Å². The highest BCUT2D eigenvalue weighted by molar-refractivity contribution is 14.3. The number of benzene rings is 1. The molecular weight excluding hydrogens is 994 g/mol. The quantitative estimate of drug-likeness (QED) is 0.133. The number of urea groups is 1. The molecule has 1 aliphatic heterocycles. The molecule has 1 aromatic carbocycles. The van der Waals surface area contributed by atoms with Crippen LogP contribution in [0.3, 0.4) is 0 Å². The minimum atomic E-state index is -0.426. The molecule has 4 aromatic rings. The molecule has 0 unspecified atom stereocenters. The number of nitrogens with zero attached hydrogens (tertiary/aromatic N) is 4. The van der Waals surface area contributed by atoms with E-state index in [-0.39, 0.29) is 17.9 Å². The average molecular weight is 1020 g/mol. The van der Waals surface area contributed by atoms with Gasteiger partial charge in [0.05, 0.1) is 17.6 Å². The van der Waals surface area contributed by atoms with E-state index in [1.807, 2.05) is 18.2 Å². The van der Waals surface area contributed by atoms with Crippen LogP contribution >= 0.6 is 90.4 Å². The Labute approximate surface area is 296 Å². The number of halogens is 4. The molecule has 0 bridgehead atoms. The first-order valence-electron chi connectivity index (χ1n) is 12.4. The van der Waals surface area contributed by atoms with E-state index >= 15 is 0 Å². The van der Waals surface area contributed by atoms with Gasteiger partial charge in [0.15, 0.2) is 17.6 Å². The molecule has 0 spiro atoms. The Morgan fingerprint density at radius 2 is 1.88 bits per heavy atom. The fourth-order valence-electron chi connectivity index (χ4n) is 3.92. The van der Waals surface area contributed by atoms with Crippen LogP contribution < -0.4 is 25.4 Å². The third-order valence-corrected chi connectivity index (χ3v) is 8.23. The van der Waals surface area contributed by atoms with Gasteiger partial charge >= 0.3 is 6.03 Å². The van der Waals surface area contributed by atoms with E-state index in [1.165, 1.54) is 6.20 Å². The van der Waals surface area contributed by atoms with Gasteiger partial charge < -0.3 is 20.1 Å².